The lowest BCUT2D eigenvalue weighted by atomic mass is 10.1. The molecule has 0 fully saturated rings. The van der Waals surface area contributed by atoms with Gasteiger partial charge in [-0.25, -0.2) is 0 Å². The fourth-order valence-electron chi connectivity index (χ4n) is 2.97. The van der Waals surface area contributed by atoms with Crippen LogP contribution < -0.4 is 19.5 Å². The second-order valence-electron chi connectivity index (χ2n) is 7.48. The molecule has 2 amide bonds. The van der Waals surface area contributed by atoms with Gasteiger partial charge >= 0.3 is 0 Å². The second-order valence-corrected chi connectivity index (χ2v) is 7.92. The van der Waals surface area contributed by atoms with E-state index in [0.717, 1.165) is 12.0 Å². The van der Waals surface area contributed by atoms with E-state index in [1.807, 2.05) is 26.0 Å². The molecule has 0 aliphatic rings. The summed E-state index contributed by atoms with van der Waals surface area (Å²) in [5, 5.41) is 3.49. The van der Waals surface area contributed by atoms with Gasteiger partial charge in [-0.3, -0.25) is 9.59 Å². The molecule has 0 saturated heterocycles. The summed E-state index contributed by atoms with van der Waals surface area (Å²) in [5.74, 6) is 0.957. The summed E-state index contributed by atoms with van der Waals surface area (Å²) in [7, 11) is 3.07. The molecule has 2 aromatic carbocycles. The highest BCUT2D eigenvalue weighted by atomic mass is 35.5. The van der Waals surface area contributed by atoms with E-state index in [2.05, 4.69) is 5.32 Å². The van der Waals surface area contributed by atoms with E-state index in [1.165, 1.54) is 19.1 Å². The molecule has 174 valence electrons. The van der Waals surface area contributed by atoms with E-state index >= 15 is 0 Å². The van der Waals surface area contributed by atoms with Crippen molar-refractivity contribution in [1.82, 2.24) is 10.2 Å². The Kier molecular flexibility index (Phi) is 9.65. The first-order valence-corrected chi connectivity index (χ1v) is 10.8. The van der Waals surface area contributed by atoms with Crippen molar-refractivity contribution in [3.05, 3.63) is 53.1 Å². The number of nitrogens with one attached hydrogen (secondary N) is 1. The molecule has 0 bridgehead atoms. The Bertz CT molecular complexity index is 899. The van der Waals surface area contributed by atoms with Gasteiger partial charge in [0.05, 0.1) is 14.2 Å². The van der Waals surface area contributed by atoms with Crippen LogP contribution in [0.1, 0.15) is 32.8 Å². The second kappa shape index (κ2) is 12.2. The number of nitrogens with zero attached hydrogens (tertiary/aromatic N) is 1. The minimum absolute atomic E-state index is 0.00794. The van der Waals surface area contributed by atoms with Crippen molar-refractivity contribution < 1.29 is 23.8 Å². The quantitative estimate of drug-likeness (QED) is 0.544. The molecular formula is C24H31ClN2O5. The van der Waals surface area contributed by atoms with Gasteiger partial charge in [-0.05, 0) is 38.0 Å². The maximum atomic E-state index is 13.1. The summed E-state index contributed by atoms with van der Waals surface area (Å²) in [4.78, 5) is 27.4. The first-order chi connectivity index (χ1) is 15.3. The third-order valence-electron chi connectivity index (χ3n) is 5.10. The zero-order valence-electron chi connectivity index (χ0n) is 19.2. The van der Waals surface area contributed by atoms with Crippen molar-refractivity contribution in [3.63, 3.8) is 0 Å². The number of hydrogen-bond acceptors (Lipinski definition) is 5. The van der Waals surface area contributed by atoms with Crippen LogP contribution in [0.4, 0.5) is 0 Å². The average Bonchev–Trinajstić information content (AvgIpc) is 2.80. The predicted octanol–water partition coefficient (Wildman–Crippen LogP) is 4.07. The Hall–Kier alpha value is -2.93. The standard InChI is InChI=1S/C24H31ClN2O5/c1-6-16(2)26-24(29)17(3)27(14-18-8-7-9-19(25)10-18)23(28)15-32-22-12-20(30-4)11-21(13-22)31-5/h7-13,16-17H,6,14-15H2,1-5H3,(H,26,29)/t16-,17-/m0/s1. The number of carbonyl (C=O) groups excluding carboxylic acids is 2. The van der Waals surface area contributed by atoms with E-state index < -0.39 is 6.04 Å². The van der Waals surface area contributed by atoms with Gasteiger partial charge in [0.15, 0.2) is 6.61 Å². The highest BCUT2D eigenvalue weighted by Gasteiger charge is 2.27. The molecule has 2 rings (SSSR count). The topological polar surface area (TPSA) is 77.1 Å². The van der Waals surface area contributed by atoms with Crippen LogP contribution >= 0.6 is 11.6 Å². The minimum Gasteiger partial charge on any atom is -0.496 e. The van der Waals surface area contributed by atoms with Crippen molar-refractivity contribution >= 4 is 23.4 Å². The normalized spacial score (nSPS) is 12.4. The van der Waals surface area contributed by atoms with E-state index in [9.17, 15) is 9.59 Å². The smallest absolute Gasteiger partial charge is 0.261 e. The molecular weight excluding hydrogens is 432 g/mol. The number of ether oxygens (including phenoxy) is 3. The van der Waals surface area contributed by atoms with Crippen LogP contribution in [0.15, 0.2) is 42.5 Å². The molecule has 0 saturated carbocycles. The van der Waals surface area contributed by atoms with Crippen molar-refractivity contribution in [2.45, 2.75) is 45.8 Å². The monoisotopic (exact) mass is 462 g/mol. The number of methoxy groups -OCH3 is 2. The van der Waals surface area contributed by atoms with Crippen LogP contribution in [0, 0.1) is 0 Å². The maximum Gasteiger partial charge on any atom is 0.261 e. The van der Waals surface area contributed by atoms with Crippen LogP contribution in [-0.2, 0) is 16.1 Å². The summed E-state index contributed by atoms with van der Waals surface area (Å²) in [6.45, 7) is 5.58. The molecule has 0 heterocycles. The van der Waals surface area contributed by atoms with Gasteiger partial charge in [0, 0.05) is 35.8 Å². The van der Waals surface area contributed by atoms with E-state index in [4.69, 9.17) is 25.8 Å². The third kappa shape index (κ3) is 7.34. The molecule has 0 spiro atoms. The predicted molar refractivity (Wildman–Crippen MR) is 124 cm³/mol. The minimum atomic E-state index is -0.695. The van der Waals surface area contributed by atoms with Gasteiger partial charge in [0.1, 0.15) is 23.3 Å². The molecule has 32 heavy (non-hydrogen) atoms. The maximum absolute atomic E-state index is 13.1. The number of carbonyl (C=O) groups is 2. The highest BCUT2D eigenvalue weighted by molar-refractivity contribution is 6.30. The van der Waals surface area contributed by atoms with Gasteiger partial charge in [-0.1, -0.05) is 30.7 Å². The number of halogens is 1. The lowest BCUT2D eigenvalue weighted by Crippen LogP contribution is -2.50. The summed E-state index contributed by atoms with van der Waals surface area (Å²) < 4.78 is 16.2. The summed E-state index contributed by atoms with van der Waals surface area (Å²) in [6, 6.07) is 11.5. The molecule has 0 radical (unpaired) electrons. The van der Waals surface area contributed by atoms with E-state index in [0.29, 0.717) is 22.3 Å². The number of rotatable bonds is 11. The molecule has 8 heteroatoms. The first-order valence-electron chi connectivity index (χ1n) is 10.5. The summed E-state index contributed by atoms with van der Waals surface area (Å²) >= 11 is 6.10. The van der Waals surface area contributed by atoms with Gasteiger partial charge in [-0.2, -0.15) is 0 Å². The van der Waals surface area contributed by atoms with Gasteiger partial charge < -0.3 is 24.4 Å². The molecule has 0 aromatic heterocycles. The Labute approximate surface area is 194 Å². The van der Waals surface area contributed by atoms with E-state index in [-0.39, 0.29) is 31.0 Å². The largest absolute Gasteiger partial charge is 0.496 e. The van der Waals surface area contributed by atoms with Crippen molar-refractivity contribution in [2.24, 2.45) is 0 Å². The first kappa shape index (κ1) is 25.3. The SMILES string of the molecule is CC[C@H](C)NC(=O)[C@H](C)N(Cc1cccc(Cl)c1)C(=O)COc1cc(OC)cc(OC)c1. The Balaban J connectivity index is 2.20. The van der Waals surface area contributed by atoms with Crippen LogP contribution in [0.25, 0.3) is 0 Å². The lowest BCUT2D eigenvalue weighted by molar-refractivity contribution is -0.142. The zero-order valence-corrected chi connectivity index (χ0v) is 19.9. The molecule has 0 aliphatic carbocycles. The van der Waals surface area contributed by atoms with Crippen LogP contribution in [-0.4, -0.2) is 49.6 Å². The molecule has 0 aliphatic heterocycles. The van der Waals surface area contributed by atoms with Crippen LogP contribution in [0.2, 0.25) is 5.02 Å². The number of amides is 2. The van der Waals surface area contributed by atoms with Crippen molar-refractivity contribution in [3.8, 4) is 17.2 Å². The Morgan fingerprint density at radius 2 is 1.66 bits per heavy atom. The van der Waals surface area contributed by atoms with E-state index in [1.54, 1.807) is 37.3 Å². The highest BCUT2D eigenvalue weighted by Crippen LogP contribution is 2.27. The fourth-order valence-corrected chi connectivity index (χ4v) is 3.19. The van der Waals surface area contributed by atoms with Crippen LogP contribution in [0.5, 0.6) is 17.2 Å². The lowest BCUT2D eigenvalue weighted by Gasteiger charge is -2.29. The van der Waals surface area contributed by atoms with Crippen molar-refractivity contribution in [2.75, 3.05) is 20.8 Å². The fraction of sp³-hybridized carbons (Fsp3) is 0.417. The Morgan fingerprint density at radius 1 is 1.03 bits per heavy atom. The average molecular weight is 463 g/mol. The molecule has 1 N–H and O–H groups in total. The van der Waals surface area contributed by atoms with Crippen molar-refractivity contribution in [1.29, 1.82) is 0 Å². The third-order valence-corrected chi connectivity index (χ3v) is 5.33. The number of benzene rings is 2. The molecule has 2 atom stereocenters. The van der Waals surface area contributed by atoms with Gasteiger partial charge in [-0.15, -0.1) is 0 Å². The Morgan fingerprint density at radius 3 is 2.22 bits per heavy atom. The molecule has 7 nitrogen and oxygen atoms in total. The van der Waals surface area contributed by atoms with Crippen LogP contribution in [0.3, 0.4) is 0 Å². The summed E-state index contributed by atoms with van der Waals surface area (Å²) in [6.07, 6.45) is 0.793. The summed E-state index contributed by atoms with van der Waals surface area (Å²) in [5.41, 5.74) is 0.817. The number of hydrogen-bond donors (Lipinski definition) is 1. The van der Waals surface area contributed by atoms with Gasteiger partial charge in [0.25, 0.3) is 5.91 Å². The molecule has 2 aromatic rings. The van der Waals surface area contributed by atoms with Gasteiger partial charge in [0.2, 0.25) is 5.91 Å². The zero-order chi connectivity index (χ0) is 23.7. The molecule has 0 unspecified atom stereocenters.